The summed E-state index contributed by atoms with van der Waals surface area (Å²) >= 11 is 1.43. The van der Waals surface area contributed by atoms with Crippen LogP contribution in [0, 0.1) is 0 Å². The summed E-state index contributed by atoms with van der Waals surface area (Å²) in [6.07, 6.45) is 7.65. The molecule has 0 radical (unpaired) electrons. The zero-order chi connectivity index (χ0) is 19.1. The number of hydrogen-bond acceptors (Lipinski definition) is 8. The van der Waals surface area contributed by atoms with Crippen molar-refractivity contribution in [1.82, 2.24) is 29.8 Å². The number of hydrazine groups is 1. The smallest absolute Gasteiger partial charge is 0.180 e. The Morgan fingerprint density at radius 3 is 3.00 bits per heavy atom. The molecule has 4 N–H and O–H groups in total. The molecule has 0 amide bonds. The van der Waals surface area contributed by atoms with Gasteiger partial charge in [0.2, 0.25) is 0 Å². The van der Waals surface area contributed by atoms with Crippen LogP contribution < -0.4 is 16.5 Å². The van der Waals surface area contributed by atoms with Gasteiger partial charge in [-0.2, -0.15) is 0 Å². The Hall–Kier alpha value is -3.43. The van der Waals surface area contributed by atoms with E-state index in [0.717, 1.165) is 34.8 Å². The molecule has 0 fully saturated rings. The van der Waals surface area contributed by atoms with Crippen molar-refractivity contribution in [3.05, 3.63) is 60.1 Å². The van der Waals surface area contributed by atoms with E-state index in [1.165, 1.54) is 16.9 Å². The Morgan fingerprint density at radius 1 is 1.29 bits per heavy atom. The molecule has 5 rings (SSSR count). The van der Waals surface area contributed by atoms with Crippen molar-refractivity contribution in [2.24, 2.45) is 0 Å². The Labute approximate surface area is 165 Å². The minimum atomic E-state index is 0.561. The van der Waals surface area contributed by atoms with Crippen molar-refractivity contribution < 1.29 is 0 Å². The topological polar surface area (TPSA) is 96.4 Å². The van der Waals surface area contributed by atoms with Crippen LogP contribution in [-0.2, 0) is 0 Å². The zero-order valence-corrected chi connectivity index (χ0v) is 15.9. The van der Waals surface area contributed by atoms with Gasteiger partial charge in [0.05, 0.1) is 17.6 Å². The molecule has 0 saturated carbocycles. The normalized spacial score (nSPS) is 13.9. The molecule has 0 atom stereocenters. The highest BCUT2D eigenvalue weighted by Gasteiger charge is 2.16. The molecule has 0 bridgehead atoms. The first-order chi connectivity index (χ1) is 13.7. The first-order valence-electron chi connectivity index (χ1n) is 8.75. The zero-order valence-electron chi connectivity index (χ0n) is 15.1. The summed E-state index contributed by atoms with van der Waals surface area (Å²) < 4.78 is 2.05. The van der Waals surface area contributed by atoms with Gasteiger partial charge in [0.25, 0.3) is 0 Å². The van der Waals surface area contributed by atoms with E-state index in [1.807, 2.05) is 58.5 Å². The minimum absolute atomic E-state index is 0.561. The van der Waals surface area contributed by atoms with Crippen molar-refractivity contribution in [3.63, 3.8) is 0 Å². The van der Waals surface area contributed by atoms with E-state index < -0.39 is 0 Å². The molecule has 4 aromatic rings. The number of nitrogens with two attached hydrogens (primary N) is 1. The number of hydrogen-bond donors (Lipinski definition) is 3. The average Bonchev–Trinajstić information content (AvgIpc) is 3.42. The van der Waals surface area contributed by atoms with Crippen molar-refractivity contribution in [3.8, 4) is 11.3 Å². The van der Waals surface area contributed by atoms with Gasteiger partial charge in [-0.3, -0.25) is 4.40 Å². The van der Waals surface area contributed by atoms with E-state index in [2.05, 4.69) is 31.9 Å². The lowest BCUT2D eigenvalue weighted by atomic mass is 10.1. The van der Waals surface area contributed by atoms with Gasteiger partial charge >= 0.3 is 0 Å². The van der Waals surface area contributed by atoms with E-state index in [9.17, 15) is 0 Å². The van der Waals surface area contributed by atoms with Crippen LogP contribution in [0.1, 0.15) is 5.69 Å². The fourth-order valence-electron chi connectivity index (χ4n) is 3.25. The number of anilines is 3. The predicted octanol–water partition coefficient (Wildman–Crippen LogP) is 2.97. The van der Waals surface area contributed by atoms with Crippen molar-refractivity contribution in [1.29, 1.82) is 0 Å². The SMILES string of the molecule is CN1C=C(c2cnc3c(Nc4cccc(-c5csc(N)n5)c4)nccn23)CN1. The van der Waals surface area contributed by atoms with E-state index >= 15 is 0 Å². The molecule has 4 heterocycles. The minimum Gasteiger partial charge on any atom is -0.375 e. The maximum absolute atomic E-state index is 5.76. The number of nitrogens with one attached hydrogen (secondary N) is 2. The Morgan fingerprint density at radius 2 is 2.21 bits per heavy atom. The third-order valence-electron chi connectivity index (χ3n) is 4.57. The van der Waals surface area contributed by atoms with Gasteiger partial charge in [-0.15, -0.1) is 11.3 Å². The molecule has 8 nitrogen and oxygen atoms in total. The van der Waals surface area contributed by atoms with Gasteiger partial charge in [0, 0.05) is 54.4 Å². The lowest BCUT2D eigenvalue weighted by molar-refractivity contribution is 0.374. The number of nitrogens with zero attached hydrogens (tertiary/aromatic N) is 5. The number of imidazole rings is 1. The van der Waals surface area contributed by atoms with E-state index in [1.54, 1.807) is 6.20 Å². The Balaban J connectivity index is 1.49. The summed E-state index contributed by atoms with van der Waals surface area (Å²) in [4.78, 5) is 13.4. The maximum Gasteiger partial charge on any atom is 0.180 e. The van der Waals surface area contributed by atoms with E-state index in [-0.39, 0.29) is 0 Å². The molecule has 1 aliphatic heterocycles. The molecule has 0 spiro atoms. The molecule has 0 saturated heterocycles. The first-order valence-corrected chi connectivity index (χ1v) is 9.63. The fourth-order valence-corrected chi connectivity index (χ4v) is 3.82. The van der Waals surface area contributed by atoms with E-state index in [0.29, 0.717) is 10.9 Å². The van der Waals surface area contributed by atoms with Crippen LogP contribution in [0.4, 0.5) is 16.6 Å². The van der Waals surface area contributed by atoms with Gasteiger partial charge in [-0.1, -0.05) is 12.1 Å². The Bertz CT molecular complexity index is 1190. The molecule has 140 valence electrons. The summed E-state index contributed by atoms with van der Waals surface area (Å²) in [5.41, 5.74) is 14.8. The van der Waals surface area contributed by atoms with Crippen LogP contribution in [0.2, 0.25) is 0 Å². The average molecular weight is 390 g/mol. The molecular formula is C19H18N8S. The fraction of sp³-hybridized carbons (Fsp3) is 0.105. The lowest BCUT2D eigenvalue weighted by Gasteiger charge is -2.09. The third-order valence-corrected chi connectivity index (χ3v) is 5.24. The Kier molecular flexibility index (Phi) is 3.96. The van der Waals surface area contributed by atoms with Crippen LogP contribution in [0.25, 0.3) is 22.5 Å². The van der Waals surface area contributed by atoms with Gasteiger partial charge in [-0.25, -0.2) is 20.4 Å². The second kappa shape index (κ2) is 6.63. The molecule has 1 aromatic carbocycles. The van der Waals surface area contributed by atoms with Crippen molar-refractivity contribution in [2.45, 2.75) is 0 Å². The second-order valence-corrected chi connectivity index (χ2v) is 7.38. The highest BCUT2D eigenvalue weighted by atomic mass is 32.1. The predicted molar refractivity (Wildman–Crippen MR) is 112 cm³/mol. The first kappa shape index (κ1) is 16.7. The summed E-state index contributed by atoms with van der Waals surface area (Å²) in [6, 6.07) is 8.01. The number of fused-ring (bicyclic) bond motifs is 1. The van der Waals surface area contributed by atoms with Gasteiger partial charge in [-0.05, 0) is 12.1 Å². The molecular weight excluding hydrogens is 372 g/mol. The summed E-state index contributed by atoms with van der Waals surface area (Å²) in [7, 11) is 1.98. The van der Waals surface area contributed by atoms with E-state index in [4.69, 9.17) is 5.73 Å². The van der Waals surface area contributed by atoms with Gasteiger partial charge < -0.3 is 16.1 Å². The number of benzene rings is 1. The molecule has 3 aromatic heterocycles. The van der Waals surface area contributed by atoms with Crippen molar-refractivity contribution in [2.75, 3.05) is 24.6 Å². The lowest BCUT2D eigenvalue weighted by Crippen LogP contribution is -2.23. The molecule has 0 aliphatic carbocycles. The van der Waals surface area contributed by atoms with Crippen LogP contribution in [-0.4, -0.2) is 38.0 Å². The number of aromatic nitrogens is 4. The van der Waals surface area contributed by atoms with Gasteiger partial charge in [0.15, 0.2) is 16.6 Å². The van der Waals surface area contributed by atoms with Crippen LogP contribution in [0.5, 0.6) is 0 Å². The summed E-state index contributed by atoms with van der Waals surface area (Å²) in [5, 5.41) is 7.85. The molecule has 1 aliphatic rings. The molecule has 28 heavy (non-hydrogen) atoms. The maximum atomic E-state index is 5.76. The standard InChI is InChI=1S/C19H18N8S/c1-26-10-13(8-23-26)16-9-22-18-17(21-5-6-27(16)18)24-14-4-2-3-12(7-14)15-11-28-19(20)25-15/h2-7,9-11,23H,8H2,1H3,(H2,20,25)(H,21,24). The summed E-state index contributed by atoms with van der Waals surface area (Å²) in [6.45, 7) is 0.772. The molecule has 0 unspecified atom stereocenters. The number of nitrogen functional groups attached to an aromatic ring is 1. The highest BCUT2D eigenvalue weighted by molar-refractivity contribution is 7.13. The monoisotopic (exact) mass is 390 g/mol. The summed E-state index contributed by atoms with van der Waals surface area (Å²) in [5.74, 6) is 0.698. The van der Waals surface area contributed by atoms with Crippen LogP contribution >= 0.6 is 11.3 Å². The van der Waals surface area contributed by atoms with Gasteiger partial charge in [0.1, 0.15) is 0 Å². The largest absolute Gasteiger partial charge is 0.375 e. The molecule has 9 heteroatoms. The van der Waals surface area contributed by atoms with Crippen LogP contribution in [0.15, 0.2) is 54.4 Å². The second-order valence-electron chi connectivity index (χ2n) is 6.49. The third kappa shape index (κ3) is 2.96. The number of rotatable bonds is 4. The number of thiazole rings is 1. The van der Waals surface area contributed by atoms with Crippen molar-refractivity contribution >= 4 is 39.2 Å². The van der Waals surface area contributed by atoms with Crippen LogP contribution in [0.3, 0.4) is 0 Å². The highest BCUT2D eigenvalue weighted by Crippen LogP contribution is 2.28. The quantitative estimate of drug-likeness (QED) is 0.493.